The van der Waals surface area contributed by atoms with E-state index in [1.165, 1.54) is 12.1 Å². The maximum atomic E-state index is 12.5. The quantitative estimate of drug-likeness (QED) is 0.740. The van der Waals surface area contributed by atoms with E-state index in [4.69, 9.17) is 10.7 Å². The lowest BCUT2D eigenvalue weighted by atomic mass is 10.1. The van der Waals surface area contributed by atoms with Gasteiger partial charge in [-0.3, -0.25) is 4.79 Å². The zero-order valence-electron chi connectivity index (χ0n) is 11.1. The number of benzene rings is 1. The lowest BCUT2D eigenvalue weighted by Crippen LogP contribution is -2.34. The third kappa shape index (κ3) is 3.18. The van der Waals surface area contributed by atoms with Crippen LogP contribution in [0.4, 0.5) is 0 Å². The van der Waals surface area contributed by atoms with E-state index in [9.17, 15) is 13.2 Å². The molecule has 1 aromatic rings. The summed E-state index contributed by atoms with van der Waals surface area (Å²) in [6.45, 7) is 4.79. The van der Waals surface area contributed by atoms with Gasteiger partial charge in [-0.2, -0.15) is 0 Å². The van der Waals surface area contributed by atoms with Crippen LogP contribution in [0.2, 0.25) is 0 Å². The normalized spacial score (nSPS) is 23.1. The van der Waals surface area contributed by atoms with Gasteiger partial charge in [0.15, 0.2) is 0 Å². The van der Waals surface area contributed by atoms with Gasteiger partial charge < -0.3 is 4.90 Å². The van der Waals surface area contributed by atoms with Gasteiger partial charge in [0.05, 0.1) is 4.90 Å². The third-order valence-electron chi connectivity index (χ3n) is 3.49. The van der Waals surface area contributed by atoms with Crippen molar-refractivity contribution in [2.24, 2.45) is 5.92 Å². The number of hydrogen-bond acceptors (Lipinski definition) is 3. The molecule has 7 heteroatoms. The van der Waals surface area contributed by atoms with Gasteiger partial charge >= 0.3 is 0 Å². The molecule has 2 unspecified atom stereocenters. The molecule has 0 N–H and O–H groups in total. The number of hydrogen-bond donors (Lipinski definition) is 0. The number of rotatable bonds is 2. The first kappa shape index (κ1) is 15.8. The van der Waals surface area contributed by atoms with Crippen LogP contribution in [-0.2, 0) is 9.05 Å². The van der Waals surface area contributed by atoms with Crippen LogP contribution >= 0.6 is 26.6 Å². The summed E-state index contributed by atoms with van der Waals surface area (Å²) in [5, 5.41) is 0. The van der Waals surface area contributed by atoms with Gasteiger partial charge in [-0.25, -0.2) is 8.42 Å². The van der Waals surface area contributed by atoms with Crippen molar-refractivity contribution in [3.8, 4) is 0 Å². The fourth-order valence-corrected chi connectivity index (χ4v) is 4.69. The molecule has 2 atom stereocenters. The van der Waals surface area contributed by atoms with Crippen LogP contribution in [-0.4, -0.2) is 31.8 Å². The Kier molecular flexibility index (Phi) is 4.47. The zero-order chi connectivity index (χ0) is 15.1. The van der Waals surface area contributed by atoms with Gasteiger partial charge in [-0.1, -0.05) is 6.92 Å². The molecule has 1 aliphatic rings. The molecule has 0 spiro atoms. The highest BCUT2D eigenvalue weighted by molar-refractivity contribution is 9.10. The summed E-state index contributed by atoms with van der Waals surface area (Å²) in [6, 6.07) is 4.63. The van der Waals surface area contributed by atoms with E-state index >= 15 is 0 Å². The average Bonchev–Trinajstić information content (AvgIpc) is 2.66. The molecule has 1 fully saturated rings. The summed E-state index contributed by atoms with van der Waals surface area (Å²) in [4.78, 5) is 14.2. The molecular formula is C13H15BrClNO3S. The van der Waals surface area contributed by atoms with Crippen molar-refractivity contribution in [3.05, 3.63) is 28.2 Å². The van der Waals surface area contributed by atoms with Crippen molar-refractivity contribution in [3.63, 3.8) is 0 Å². The van der Waals surface area contributed by atoms with Gasteiger partial charge in [0.1, 0.15) is 0 Å². The molecule has 1 heterocycles. The summed E-state index contributed by atoms with van der Waals surface area (Å²) >= 11 is 3.13. The lowest BCUT2D eigenvalue weighted by Gasteiger charge is -2.21. The Morgan fingerprint density at radius 2 is 2.05 bits per heavy atom. The first-order chi connectivity index (χ1) is 9.20. The SMILES string of the molecule is CC1CC(C)N(C(=O)c2ccc(Br)c(S(=O)(=O)Cl)c2)C1. The Bertz CT molecular complexity index is 647. The van der Waals surface area contributed by atoms with E-state index in [1.54, 1.807) is 11.0 Å². The van der Waals surface area contributed by atoms with E-state index in [-0.39, 0.29) is 16.8 Å². The number of carbonyl (C=O) groups excluding carboxylic acids is 1. The van der Waals surface area contributed by atoms with Crippen LogP contribution in [0, 0.1) is 5.92 Å². The summed E-state index contributed by atoms with van der Waals surface area (Å²) in [5.74, 6) is 0.302. The van der Waals surface area contributed by atoms with Crippen LogP contribution in [0.1, 0.15) is 30.6 Å². The molecule has 0 aliphatic carbocycles. The van der Waals surface area contributed by atoms with Crippen LogP contribution in [0.3, 0.4) is 0 Å². The molecule has 1 amide bonds. The number of halogens is 2. The monoisotopic (exact) mass is 379 g/mol. The molecule has 0 bridgehead atoms. The molecule has 0 aromatic heterocycles. The largest absolute Gasteiger partial charge is 0.336 e. The Morgan fingerprint density at radius 3 is 2.55 bits per heavy atom. The number of nitrogens with zero attached hydrogens (tertiary/aromatic N) is 1. The zero-order valence-corrected chi connectivity index (χ0v) is 14.3. The molecular weight excluding hydrogens is 366 g/mol. The molecule has 110 valence electrons. The van der Waals surface area contributed by atoms with Gasteiger partial charge in [0.25, 0.3) is 15.0 Å². The Hall–Kier alpha value is -0.590. The fourth-order valence-electron chi connectivity index (χ4n) is 2.57. The van der Waals surface area contributed by atoms with E-state index in [0.29, 0.717) is 22.5 Å². The smallest absolute Gasteiger partial charge is 0.262 e. The highest BCUT2D eigenvalue weighted by atomic mass is 79.9. The summed E-state index contributed by atoms with van der Waals surface area (Å²) in [7, 11) is 1.49. The standard InChI is InChI=1S/C13H15BrClNO3S/c1-8-5-9(2)16(7-8)13(17)10-3-4-11(14)12(6-10)20(15,18)19/h3-4,6,8-9H,5,7H2,1-2H3. The fraction of sp³-hybridized carbons (Fsp3) is 0.462. The molecule has 20 heavy (non-hydrogen) atoms. The van der Waals surface area contributed by atoms with Gasteiger partial charge in [0, 0.05) is 33.3 Å². The van der Waals surface area contributed by atoms with Gasteiger partial charge in [-0.15, -0.1) is 0 Å². The molecule has 1 aliphatic heterocycles. The highest BCUT2D eigenvalue weighted by Crippen LogP contribution is 2.29. The molecule has 0 radical (unpaired) electrons. The van der Waals surface area contributed by atoms with E-state index < -0.39 is 9.05 Å². The minimum absolute atomic E-state index is 0.0788. The van der Waals surface area contributed by atoms with Crippen molar-refractivity contribution in [2.45, 2.75) is 31.2 Å². The first-order valence-electron chi connectivity index (χ1n) is 6.25. The molecule has 0 saturated carbocycles. The van der Waals surface area contributed by atoms with Crippen LogP contribution in [0.15, 0.2) is 27.6 Å². The van der Waals surface area contributed by atoms with Gasteiger partial charge in [0.2, 0.25) is 0 Å². The van der Waals surface area contributed by atoms with Crippen molar-refractivity contribution in [1.82, 2.24) is 4.90 Å². The topological polar surface area (TPSA) is 54.5 Å². The molecule has 1 aromatic carbocycles. The Morgan fingerprint density at radius 1 is 1.40 bits per heavy atom. The second kappa shape index (κ2) is 5.66. The van der Waals surface area contributed by atoms with Crippen LogP contribution < -0.4 is 0 Å². The lowest BCUT2D eigenvalue weighted by molar-refractivity contribution is 0.0743. The van der Waals surface area contributed by atoms with Crippen molar-refractivity contribution >= 4 is 41.6 Å². The summed E-state index contributed by atoms with van der Waals surface area (Å²) < 4.78 is 23.3. The van der Waals surface area contributed by atoms with E-state index in [1.807, 2.05) is 6.92 Å². The van der Waals surface area contributed by atoms with Crippen molar-refractivity contribution in [1.29, 1.82) is 0 Å². The Balaban J connectivity index is 2.37. The first-order valence-corrected chi connectivity index (χ1v) is 9.35. The van der Waals surface area contributed by atoms with E-state index in [2.05, 4.69) is 22.9 Å². The predicted octanol–water partition coefficient (Wildman–Crippen LogP) is 3.25. The van der Waals surface area contributed by atoms with Crippen molar-refractivity contribution in [2.75, 3.05) is 6.54 Å². The van der Waals surface area contributed by atoms with Crippen LogP contribution in [0.25, 0.3) is 0 Å². The second-order valence-corrected chi connectivity index (χ2v) is 8.62. The number of carbonyl (C=O) groups is 1. The van der Waals surface area contributed by atoms with Crippen molar-refractivity contribution < 1.29 is 13.2 Å². The highest BCUT2D eigenvalue weighted by Gasteiger charge is 2.31. The minimum Gasteiger partial charge on any atom is -0.336 e. The maximum absolute atomic E-state index is 12.5. The summed E-state index contributed by atoms with van der Waals surface area (Å²) in [5.41, 5.74) is 0.341. The molecule has 1 saturated heterocycles. The van der Waals surface area contributed by atoms with E-state index in [0.717, 1.165) is 6.42 Å². The predicted molar refractivity (Wildman–Crippen MR) is 81.5 cm³/mol. The number of amides is 1. The molecule has 4 nitrogen and oxygen atoms in total. The second-order valence-electron chi connectivity index (χ2n) is 5.23. The molecule has 2 rings (SSSR count). The maximum Gasteiger partial charge on any atom is 0.262 e. The average molecular weight is 381 g/mol. The van der Waals surface area contributed by atoms with Gasteiger partial charge in [-0.05, 0) is 53.4 Å². The third-order valence-corrected chi connectivity index (χ3v) is 5.80. The van der Waals surface area contributed by atoms with Crippen LogP contribution in [0.5, 0.6) is 0 Å². The Labute approximate surface area is 131 Å². The summed E-state index contributed by atoms with van der Waals surface area (Å²) in [6.07, 6.45) is 0.961. The number of likely N-dealkylation sites (tertiary alicyclic amines) is 1. The minimum atomic E-state index is -3.88.